The van der Waals surface area contributed by atoms with Gasteiger partial charge in [0.25, 0.3) is 0 Å². The van der Waals surface area contributed by atoms with Crippen LogP contribution in [0, 0.1) is 5.82 Å². The van der Waals surface area contributed by atoms with Gasteiger partial charge in [-0.1, -0.05) is 12.1 Å². The molecule has 112 valence electrons. The summed E-state index contributed by atoms with van der Waals surface area (Å²) >= 11 is 0. The van der Waals surface area contributed by atoms with E-state index >= 15 is 0 Å². The Bertz CT molecular complexity index is 396. The molecule has 1 aromatic carbocycles. The van der Waals surface area contributed by atoms with Crippen LogP contribution in [0.25, 0.3) is 0 Å². The minimum Gasteiger partial charge on any atom is -0.488 e. The fraction of sp³-hybridized carbons (Fsp3) is 0.600. The summed E-state index contributed by atoms with van der Waals surface area (Å²) in [5, 5.41) is 12.9. The average molecular weight is 283 g/mol. The molecule has 0 saturated carbocycles. The van der Waals surface area contributed by atoms with E-state index in [9.17, 15) is 9.50 Å². The van der Waals surface area contributed by atoms with Crippen LogP contribution < -0.4 is 10.1 Å². The minimum absolute atomic E-state index is 0.0689. The molecule has 5 heteroatoms. The number of hydrogen-bond acceptors (Lipinski definition) is 4. The number of aliphatic hydroxyl groups is 1. The summed E-state index contributed by atoms with van der Waals surface area (Å²) in [4.78, 5) is 0. The Balaban J connectivity index is 1.60. The first kappa shape index (κ1) is 15.2. The SMILES string of the molecule is OC(CNCC1CCCCO1)COc1ccccc1F. The van der Waals surface area contributed by atoms with E-state index in [0.29, 0.717) is 6.54 Å². The molecule has 0 amide bonds. The summed E-state index contributed by atoms with van der Waals surface area (Å²) in [7, 11) is 0. The molecule has 0 aromatic heterocycles. The second-order valence-electron chi connectivity index (χ2n) is 5.04. The van der Waals surface area contributed by atoms with Gasteiger partial charge in [-0.2, -0.15) is 0 Å². The summed E-state index contributed by atoms with van der Waals surface area (Å²) in [5.74, 6) is -0.245. The van der Waals surface area contributed by atoms with Gasteiger partial charge < -0.3 is 19.9 Å². The van der Waals surface area contributed by atoms with Crippen molar-refractivity contribution in [2.75, 3.05) is 26.3 Å². The maximum Gasteiger partial charge on any atom is 0.165 e. The third-order valence-electron chi connectivity index (χ3n) is 3.29. The highest BCUT2D eigenvalue weighted by Crippen LogP contribution is 2.15. The van der Waals surface area contributed by atoms with E-state index in [1.165, 1.54) is 12.5 Å². The van der Waals surface area contributed by atoms with E-state index in [2.05, 4.69) is 5.32 Å². The number of para-hydroxylation sites is 1. The molecule has 2 rings (SSSR count). The minimum atomic E-state index is -0.668. The number of aliphatic hydroxyl groups excluding tert-OH is 1. The van der Waals surface area contributed by atoms with Crippen molar-refractivity contribution >= 4 is 0 Å². The lowest BCUT2D eigenvalue weighted by molar-refractivity contribution is 0.0141. The molecule has 1 aliphatic rings. The van der Waals surface area contributed by atoms with E-state index in [1.807, 2.05) is 0 Å². The molecule has 2 atom stereocenters. The monoisotopic (exact) mass is 283 g/mol. The molecule has 0 spiro atoms. The fourth-order valence-electron chi connectivity index (χ4n) is 2.19. The Morgan fingerprint density at radius 3 is 3.00 bits per heavy atom. The molecule has 0 bridgehead atoms. The van der Waals surface area contributed by atoms with Crippen molar-refractivity contribution in [1.29, 1.82) is 0 Å². The van der Waals surface area contributed by atoms with Crippen LogP contribution in [0.4, 0.5) is 4.39 Å². The zero-order valence-corrected chi connectivity index (χ0v) is 11.6. The molecule has 20 heavy (non-hydrogen) atoms. The number of rotatable bonds is 7. The Hall–Kier alpha value is -1.17. The average Bonchev–Trinajstić information content (AvgIpc) is 2.47. The maximum atomic E-state index is 13.3. The zero-order chi connectivity index (χ0) is 14.2. The third kappa shape index (κ3) is 5.07. The highest BCUT2D eigenvalue weighted by atomic mass is 19.1. The molecule has 1 fully saturated rings. The van der Waals surface area contributed by atoms with Crippen molar-refractivity contribution in [3.05, 3.63) is 30.1 Å². The van der Waals surface area contributed by atoms with Gasteiger partial charge in [0.1, 0.15) is 12.7 Å². The molecule has 2 N–H and O–H groups in total. The zero-order valence-electron chi connectivity index (χ0n) is 11.6. The van der Waals surface area contributed by atoms with Crippen molar-refractivity contribution in [1.82, 2.24) is 5.32 Å². The van der Waals surface area contributed by atoms with Crippen LogP contribution in [0.2, 0.25) is 0 Å². The molecular weight excluding hydrogens is 261 g/mol. The standard InChI is InChI=1S/C15H22FNO3/c16-14-6-1-2-7-15(14)20-11-12(18)9-17-10-13-5-3-4-8-19-13/h1-2,6-7,12-13,17-18H,3-5,8-11H2. The van der Waals surface area contributed by atoms with Crippen molar-refractivity contribution in [2.24, 2.45) is 0 Å². The third-order valence-corrected chi connectivity index (χ3v) is 3.29. The molecule has 2 unspecified atom stereocenters. The molecule has 1 saturated heterocycles. The van der Waals surface area contributed by atoms with Gasteiger partial charge in [-0.05, 0) is 31.4 Å². The van der Waals surface area contributed by atoms with Crippen LogP contribution >= 0.6 is 0 Å². The molecule has 0 aliphatic carbocycles. The predicted molar refractivity (Wildman–Crippen MR) is 74.4 cm³/mol. The number of halogens is 1. The lowest BCUT2D eigenvalue weighted by atomic mass is 10.1. The normalized spacial score (nSPS) is 20.6. The number of ether oxygens (including phenoxy) is 2. The second kappa shape index (κ2) is 8.19. The van der Waals surface area contributed by atoms with E-state index in [-0.39, 0.29) is 18.5 Å². The van der Waals surface area contributed by atoms with Crippen molar-refractivity contribution in [2.45, 2.75) is 31.5 Å². The first-order chi connectivity index (χ1) is 9.75. The summed E-state index contributed by atoms with van der Waals surface area (Å²) in [6.07, 6.45) is 2.97. The van der Waals surface area contributed by atoms with Crippen LogP contribution in [-0.2, 0) is 4.74 Å². The van der Waals surface area contributed by atoms with Crippen molar-refractivity contribution in [3.63, 3.8) is 0 Å². The summed E-state index contributed by atoms with van der Waals surface area (Å²) in [6.45, 7) is 2.04. The van der Waals surface area contributed by atoms with Gasteiger partial charge in [0.05, 0.1) is 6.10 Å². The smallest absolute Gasteiger partial charge is 0.165 e. The summed E-state index contributed by atoms with van der Waals surface area (Å²) < 4.78 is 24.1. The van der Waals surface area contributed by atoms with Gasteiger partial charge >= 0.3 is 0 Å². The first-order valence-corrected chi connectivity index (χ1v) is 7.13. The van der Waals surface area contributed by atoms with Gasteiger partial charge in [0.2, 0.25) is 0 Å². The van der Waals surface area contributed by atoms with Gasteiger partial charge in [0.15, 0.2) is 11.6 Å². The molecule has 4 nitrogen and oxygen atoms in total. The number of nitrogens with one attached hydrogen (secondary N) is 1. The molecule has 1 aromatic rings. The maximum absolute atomic E-state index is 13.3. The van der Waals surface area contributed by atoms with Gasteiger partial charge in [-0.25, -0.2) is 4.39 Å². The van der Waals surface area contributed by atoms with Crippen LogP contribution in [-0.4, -0.2) is 43.6 Å². The Labute approximate surface area is 118 Å². The van der Waals surface area contributed by atoms with Crippen molar-refractivity contribution in [3.8, 4) is 5.75 Å². The van der Waals surface area contributed by atoms with Crippen LogP contribution in [0.15, 0.2) is 24.3 Å². The van der Waals surface area contributed by atoms with E-state index in [1.54, 1.807) is 18.2 Å². The molecular formula is C15H22FNO3. The number of hydrogen-bond donors (Lipinski definition) is 2. The van der Waals surface area contributed by atoms with Crippen LogP contribution in [0.1, 0.15) is 19.3 Å². The predicted octanol–water partition coefficient (Wildman–Crippen LogP) is 1.72. The topological polar surface area (TPSA) is 50.7 Å². The molecule has 1 aliphatic heterocycles. The Morgan fingerprint density at radius 1 is 1.40 bits per heavy atom. The summed E-state index contributed by atoms with van der Waals surface area (Å²) in [5.41, 5.74) is 0. The highest BCUT2D eigenvalue weighted by molar-refractivity contribution is 5.23. The Morgan fingerprint density at radius 2 is 2.25 bits per heavy atom. The van der Waals surface area contributed by atoms with Crippen LogP contribution in [0.3, 0.4) is 0 Å². The van der Waals surface area contributed by atoms with Gasteiger partial charge in [-0.15, -0.1) is 0 Å². The lowest BCUT2D eigenvalue weighted by Crippen LogP contribution is -2.37. The molecule has 1 heterocycles. The Kier molecular flexibility index (Phi) is 6.24. The molecule has 0 radical (unpaired) electrons. The van der Waals surface area contributed by atoms with Crippen molar-refractivity contribution < 1.29 is 19.0 Å². The quantitative estimate of drug-likeness (QED) is 0.800. The lowest BCUT2D eigenvalue weighted by Gasteiger charge is -2.23. The summed E-state index contributed by atoms with van der Waals surface area (Å²) in [6, 6.07) is 6.18. The first-order valence-electron chi connectivity index (χ1n) is 7.13. The van der Waals surface area contributed by atoms with E-state index in [0.717, 1.165) is 26.0 Å². The van der Waals surface area contributed by atoms with Gasteiger partial charge in [0, 0.05) is 19.7 Å². The van der Waals surface area contributed by atoms with Gasteiger partial charge in [-0.3, -0.25) is 0 Å². The van der Waals surface area contributed by atoms with E-state index < -0.39 is 11.9 Å². The highest BCUT2D eigenvalue weighted by Gasteiger charge is 2.14. The number of benzene rings is 1. The van der Waals surface area contributed by atoms with Crippen LogP contribution in [0.5, 0.6) is 5.75 Å². The second-order valence-corrected chi connectivity index (χ2v) is 5.04. The largest absolute Gasteiger partial charge is 0.488 e. The van der Waals surface area contributed by atoms with E-state index in [4.69, 9.17) is 9.47 Å². The fourth-order valence-corrected chi connectivity index (χ4v) is 2.19.